The van der Waals surface area contributed by atoms with Crippen LogP contribution < -0.4 is 5.32 Å². The Balaban J connectivity index is 3.84. The third-order valence-electron chi connectivity index (χ3n) is 2.19. The van der Waals surface area contributed by atoms with Gasteiger partial charge in [-0.05, 0) is 24.6 Å². The first-order valence-electron chi connectivity index (χ1n) is 5.88. The largest absolute Gasteiger partial charge is 0.313 e. The molecule has 98 valence electrons. The molecule has 0 heterocycles. The zero-order valence-electron chi connectivity index (χ0n) is 10.8. The Kier molecular flexibility index (Phi) is 8.50. The van der Waals surface area contributed by atoms with Gasteiger partial charge in [-0.2, -0.15) is 11.8 Å². The van der Waals surface area contributed by atoms with Crippen molar-refractivity contribution >= 4 is 21.6 Å². The molecule has 0 aromatic heterocycles. The van der Waals surface area contributed by atoms with Gasteiger partial charge in [0.1, 0.15) is 9.84 Å². The Labute approximate surface area is 105 Å². The molecule has 0 saturated heterocycles. The Hall–Kier alpha value is 0.260. The fourth-order valence-corrected chi connectivity index (χ4v) is 3.03. The standard InChI is InChI=1S/C11H25NO2S2/c1-5-12-11(9-15-10(2)3)7-6-8-16(4,13)14/h10-12H,5-9H2,1-4H3. The molecule has 5 heteroatoms. The number of thioether (sulfide) groups is 1. The molecule has 0 amide bonds. The van der Waals surface area contributed by atoms with E-state index in [1.54, 1.807) is 0 Å². The van der Waals surface area contributed by atoms with E-state index in [2.05, 4.69) is 26.1 Å². The molecular weight excluding hydrogens is 242 g/mol. The van der Waals surface area contributed by atoms with E-state index in [0.717, 1.165) is 25.1 Å². The minimum Gasteiger partial charge on any atom is -0.313 e. The average molecular weight is 267 g/mol. The number of nitrogens with one attached hydrogen (secondary N) is 1. The number of sulfone groups is 1. The Morgan fingerprint density at radius 1 is 1.31 bits per heavy atom. The molecule has 0 aromatic rings. The molecule has 0 aliphatic rings. The van der Waals surface area contributed by atoms with Gasteiger partial charge in [0.05, 0.1) is 0 Å². The minimum absolute atomic E-state index is 0.307. The van der Waals surface area contributed by atoms with E-state index in [-0.39, 0.29) is 0 Å². The van der Waals surface area contributed by atoms with Gasteiger partial charge in [0.15, 0.2) is 0 Å². The van der Waals surface area contributed by atoms with Crippen molar-refractivity contribution in [2.75, 3.05) is 24.3 Å². The fraction of sp³-hybridized carbons (Fsp3) is 1.00. The summed E-state index contributed by atoms with van der Waals surface area (Å²) in [5.41, 5.74) is 0. The maximum Gasteiger partial charge on any atom is 0.147 e. The highest BCUT2D eigenvalue weighted by atomic mass is 32.2. The second-order valence-corrected chi connectivity index (χ2v) is 8.28. The third kappa shape index (κ3) is 10.8. The topological polar surface area (TPSA) is 46.2 Å². The molecule has 0 saturated carbocycles. The van der Waals surface area contributed by atoms with E-state index in [1.165, 1.54) is 6.26 Å². The van der Waals surface area contributed by atoms with Crippen LogP contribution >= 0.6 is 11.8 Å². The van der Waals surface area contributed by atoms with E-state index in [4.69, 9.17) is 0 Å². The lowest BCUT2D eigenvalue weighted by Gasteiger charge is -2.18. The molecule has 0 aliphatic heterocycles. The van der Waals surface area contributed by atoms with Crippen molar-refractivity contribution in [1.82, 2.24) is 5.32 Å². The van der Waals surface area contributed by atoms with Gasteiger partial charge in [-0.25, -0.2) is 8.42 Å². The summed E-state index contributed by atoms with van der Waals surface area (Å²) >= 11 is 1.93. The zero-order valence-corrected chi connectivity index (χ0v) is 12.5. The van der Waals surface area contributed by atoms with Gasteiger partial charge in [0, 0.05) is 23.8 Å². The summed E-state index contributed by atoms with van der Waals surface area (Å²) in [7, 11) is -2.80. The van der Waals surface area contributed by atoms with Gasteiger partial charge in [-0.3, -0.25) is 0 Å². The van der Waals surface area contributed by atoms with Crippen molar-refractivity contribution in [3.05, 3.63) is 0 Å². The van der Waals surface area contributed by atoms with E-state index in [0.29, 0.717) is 17.0 Å². The van der Waals surface area contributed by atoms with Crippen molar-refractivity contribution in [2.45, 2.75) is 44.9 Å². The molecule has 0 radical (unpaired) electrons. The predicted molar refractivity (Wildman–Crippen MR) is 74.0 cm³/mol. The molecule has 1 unspecified atom stereocenters. The summed E-state index contributed by atoms with van der Waals surface area (Å²) in [5.74, 6) is 1.37. The summed E-state index contributed by atoms with van der Waals surface area (Å²) in [5, 5.41) is 4.04. The third-order valence-corrected chi connectivity index (χ3v) is 4.48. The van der Waals surface area contributed by atoms with E-state index in [9.17, 15) is 8.42 Å². The number of hydrogen-bond donors (Lipinski definition) is 1. The van der Waals surface area contributed by atoms with Gasteiger partial charge in [0.25, 0.3) is 0 Å². The van der Waals surface area contributed by atoms with Crippen LogP contribution in [0, 0.1) is 0 Å². The maximum absolute atomic E-state index is 11.0. The molecule has 0 spiro atoms. The lowest BCUT2D eigenvalue weighted by molar-refractivity contribution is 0.527. The molecule has 3 nitrogen and oxygen atoms in total. The first-order valence-corrected chi connectivity index (χ1v) is 8.98. The van der Waals surface area contributed by atoms with E-state index < -0.39 is 9.84 Å². The molecule has 0 bridgehead atoms. The quantitative estimate of drug-likeness (QED) is 0.693. The summed E-state index contributed by atoms with van der Waals surface area (Å²) < 4.78 is 22.0. The minimum atomic E-state index is -2.80. The van der Waals surface area contributed by atoms with Crippen molar-refractivity contribution in [3.8, 4) is 0 Å². The smallest absolute Gasteiger partial charge is 0.147 e. The summed E-state index contributed by atoms with van der Waals surface area (Å²) in [6.07, 6.45) is 3.01. The summed E-state index contributed by atoms with van der Waals surface area (Å²) in [6, 6.07) is 0.444. The number of rotatable bonds is 9. The molecule has 16 heavy (non-hydrogen) atoms. The highest BCUT2D eigenvalue weighted by molar-refractivity contribution is 7.99. The van der Waals surface area contributed by atoms with Gasteiger partial charge >= 0.3 is 0 Å². The zero-order chi connectivity index (χ0) is 12.6. The van der Waals surface area contributed by atoms with Crippen LogP contribution in [-0.4, -0.2) is 44.0 Å². The van der Waals surface area contributed by atoms with Crippen LogP contribution in [0.5, 0.6) is 0 Å². The maximum atomic E-state index is 11.0. The van der Waals surface area contributed by atoms with Crippen LogP contribution in [-0.2, 0) is 9.84 Å². The van der Waals surface area contributed by atoms with Gasteiger partial charge in [-0.15, -0.1) is 0 Å². The second-order valence-electron chi connectivity index (χ2n) is 4.41. The molecule has 0 rings (SSSR count). The Morgan fingerprint density at radius 3 is 2.38 bits per heavy atom. The van der Waals surface area contributed by atoms with Gasteiger partial charge < -0.3 is 5.32 Å². The molecule has 1 N–H and O–H groups in total. The lowest BCUT2D eigenvalue weighted by Crippen LogP contribution is -2.32. The van der Waals surface area contributed by atoms with Crippen molar-refractivity contribution in [3.63, 3.8) is 0 Å². The van der Waals surface area contributed by atoms with Crippen molar-refractivity contribution in [1.29, 1.82) is 0 Å². The number of hydrogen-bond acceptors (Lipinski definition) is 4. The monoisotopic (exact) mass is 267 g/mol. The molecule has 0 aliphatic carbocycles. The molecule has 1 atom stereocenters. The van der Waals surface area contributed by atoms with Crippen LogP contribution in [0.3, 0.4) is 0 Å². The predicted octanol–water partition coefficient (Wildman–Crippen LogP) is 1.93. The van der Waals surface area contributed by atoms with Gasteiger partial charge in [-0.1, -0.05) is 20.8 Å². The van der Waals surface area contributed by atoms with E-state index in [1.807, 2.05) is 11.8 Å². The normalized spacial score (nSPS) is 14.3. The van der Waals surface area contributed by atoms with Crippen LogP contribution in [0.4, 0.5) is 0 Å². The summed E-state index contributed by atoms with van der Waals surface area (Å²) in [6.45, 7) is 7.40. The molecular formula is C11H25NO2S2. The van der Waals surface area contributed by atoms with E-state index >= 15 is 0 Å². The first kappa shape index (κ1) is 16.3. The Morgan fingerprint density at radius 2 is 1.94 bits per heavy atom. The molecule has 0 aromatic carbocycles. The average Bonchev–Trinajstić information content (AvgIpc) is 2.12. The molecule has 0 fully saturated rings. The van der Waals surface area contributed by atoms with Crippen molar-refractivity contribution in [2.24, 2.45) is 0 Å². The lowest BCUT2D eigenvalue weighted by atomic mass is 10.2. The highest BCUT2D eigenvalue weighted by Gasteiger charge is 2.10. The van der Waals surface area contributed by atoms with Crippen LogP contribution in [0.25, 0.3) is 0 Å². The van der Waals surface area contributed by atoms with Gasteiger partial charge in [0.2, 0.25) is 0 Å². The highest BCUT2D eigenvalue weighted by Crippen LogP contribution is 2.13. The fourth-order valence-electron chi connectivity index (χ4n) is 1.43. The van der Waals surface area contributed by atoms with Crippen LogP contribution in [0.1, 0.15) is 33.6 Å². The second kappa shape index (κ2) is 8.37. The van der Waals surface area contributed by atoms with Crippen LogP contribution in [0.15, 0.2) is 0 Å². The SMILES string of the molecule is CCNC(CCCS(C)(=O)=O)CSC(C)C. The first-order chi connectivity index (χ1) is 7.35. The van der Waals surface area contributed by atoms with Crippen molar-refractivity contribution < 1.29 is 8.42 Å². The Bertz CT molecular complexity index is 263. The van der Waals surface area contributed by atoms with Crippen LogP contribution in [0.2, 0.25) is 0 Å². The summed E-state index contributed by atoms with van der Waals surface area (Å²) in [4.78, 5) is 0.